The minimum atomic E-state index is -0.487. The van der Waals surface area contributed by atoms with Crippen LogP contribution in [-0.2, 0) is 4.74 Å². The maximum atomic E-state index is 11.4. The number of nitrogens with one attached hydrogen (secondary N) is 2. The summed E-state index contributed by atoms with van der Waals surface area (Å²) in [5.74, 6) is 0. The fourth-order valence-electron chi connectivity index (χ4n) is 1.63. The van der Waals surface area contributed by atoms with E-state index in [4.69, 9.17) is 4.74 Å². The van der Waals surface area contributed by atoms with E-state index in [0.717, 1.165) is 11.1 Å². The highest BCUT2D eigenvalue weighted by atomic mass is 16.6. The first kappa shape index (κ1) is 14.0. The Morgan fingerprint density at radius 1 is 1.50 bits per heavy atom. The van der Waals surface area contributed by atoms with Crippen LogP contribution >= 0.6 is 0 Å². The maximum Gasteiger partial charge on any atom is 0.407 e. The third-order valence-corrected chi connectivity index (χ3v) is 2.41. The molecule has 0 saturated carbocycles. The predicted octanol–water partition coefficient (Wildman–Crippen LogP) is 2.50. The van der Waals surface area contributed by atoms with E-state index in [0.29, 0.717) is 12.2 Å². The Morgan fingerprint density at radius 3 is 3.05 bits per heavy atom. The van der Waals surface area contributed by atoms with Crippen LogP contribution in [0.2, 0.25) is 0 Å². The lowest BCUT2D eigenvalue weighted by Gasteiger charge is -2.19. The van der Waals surface area contributed by atoms with Gasteiger partial charge in [-0.25, -0.2) is 9.78 Å². The minimum absolute atomic E-state index is 0.385. The molecule has 2 heterocycles. The third-order valence-electron chi connectivity index (χ3n) is 2.41. The number of rotatable bonds is 3. The normalized spacial score (nSPS) is 11.9. The first-order valence-electron chi connectivity index (χ1n) is 6.38. The van der Waals surface area contributed by atoms with Crippen molar-refractivity contribution in [3.8, 4) is 0 Å². The number of carbonyl (C=O) groups excluding carboxylic acids is 1. The number of carbonyl (C=O) groups is 1. The zero-order valence-corrected chi connectivity index (χ0v) is 11.8. The zero-order valence-electron chi connectivity index (χ0n) is 11.8. The molecule has 0 atom stereocenters. The lowest BCUT2D eigenvalue weighted by atomic mass is 10.2. The number of aromatic amines is 1. The topological polar surface area (TPSA) is 79.9 Å². The Morgan fingerprint density at radius 2 is 2.30 bits per heavy atom. The molecule has 0 aromatic carbocycles. The standard InChI is InChI=1S/C14H18N4O2/c1-14(2,3)20-13(19)16-9-5-7-11-10-6-4-8-15-12(10)18-17-11/h4-8H,9H2,1-3H3,(H,16,19)(H,15,17,18). The van der Waals surface area contributed by atoms with Crippen LogP contribution in [-0.4, -0.2) is 33.4 Å². The summed E-state index contributed by atoms with van der Waals surface area (Å²) in [7, 11) is 0. The molecule has 6 nitrogen and oxygen atoms in total. The number of ether oxygens (including phenoxy) is 1. The summed E-state index contributed by atoms with van der Waals surface area (Å²) >= 11 is 0. The summed E-state index contributed by atoms with van der Waals surface area (Å²) < 4.78 is 5.13. The second-order valence-electron chi connectivity index (χ2n) is 5.30. The van der Waals surface area contributed by atoms with Crippen molar-refractivity contribution in [1.29, 1.82) is 0 Å². The van der Waals surface area contributed by atoms with Gasteiger partial charge in [-0.1, -0.05) is 6.08 Å². The highest BCUT2D eigenvalue weighted by Gasteiger charge is 2.14. The van der Waals surface area contributed by atoms with Crippen LogP contribution < -0.4 is 5.32 Å². The molecular weight excluding hydrogens is 256 g/mol. The number of nitrogens with zero attached hydrogens (tertiary/aromatic N) is 2. The van der Waals surface area contributed by atoms with Crippen molar-refractivity contribution in [2.24, 2.45) is 0 Å². The van der Waals surface area contributed by atoms with Crippen molar-refractivity contribution in [2.75, 3.05) is 6.54 Å². The molecule has 6 heteroatoms. The summed E-state index contributed by atoms with van der Waals surface area (Å²) in [6, 6.07) is 3.79. The van der Waals surface area contributed by atoms with E-state index in [1.807, 2.05) is 45.1 Å². The molecule has 1 amide bonds. The van der Waals surface area contributed by atoms with Gasteiger partial charge >= 0.3 is 6.09 Å². The Labute approximate surface area is 117 Å². The quantitative estimate of drug-likeness (QED) is 0.901. The van der Waals surface area contributed by atoms with Gasteiger partial charge < -0.3 is 10.1 Å². The van der Waals surface area contributed by atoms with Crippen LogP contribution in [0.1, 0.15) is 26.5 Å². The molecule has 2 aromatic rings. The largest absolute Gasteiger partial charge is 0.444 e. The van der Waals surface area contributed by atoms with Crippen molar-refractivity contribution in [1.82, 2.24) is 20.5 Å². The molecule has 0 spiro atoms. The lowest BCUT2D eigenvalue weighted by molar-refractivity contribution is 0.0534. The van der Waals surface area contributed by atoms with E-state index in [1.54, 1.807) is 6.20 Å². The van der Waals surface area contributed by atoms with Crippen molar-refractivity contribution >= 4 is 23.2 Å². The van der Waals surface area contributed by atoms with Crippen molar-refractivity contribution in [3.63, 3.8) is 0 Å². The van der Waals surface area contributed by atoms with Crippen LogP contribution in [0.25, 0.3) is 17.1 Å². The summed E-state index contributed by atoms with van der Waals surface area (Å²) in [6.45, 7) is 5.86. The van der Waals surface area contributed by atoms with Crippen molar-refractivity contribution in [2.45, 2.75) is 26.4 Å². The van der Waals surface area contributed by atoms with Crippen LogP contribution in [0.15, 0.2) is 24.4 Å². The number of aromatic nitrogens is 3. The first-order chi connectivity index (χ1) is 9.46. The Hall–Kier alpha value is -2.37. The molecule has 2 aromatic heterocycles. The number of hydrogen-bond acceptors (Lipinski definition) is 4. The average Bonchev–Trinajstić information content (AvgIpc) is 2.76. The smallest absolute Gasteiger partial charge is 0.407 e. The second kappa shape index (κ2) is 5.73. The van der Waals surface area contributed by atoms with Crippen LogP contribution in [0, 0.1) is 0 Å². The van der Waals surface area contributed by atoms with E-state index in [1.165, 1.54) is 0 Å². The Balaban J connectivity index is 1.89. The molecule has 0 aliphatic heterocycles. The summed E-state index contributed by atoms with van der Waals surface area (Å²) in [6.07, 6.45) is 4.94. The average molecular weight is 274 g/mol. The van der Waals surface area contributed by atoms with Gasteiger partial charge in [-0.3, -0.25) is 5.10 Å². The second-order valence-corrected chi connectivity index (χ2v) is 5.30. The molecule has 106 valence electrons. The molecule has 0 fully saturated rings. The highest BCUT2D eigenvalue weighted by Crippen LogP contribution is 2.13. The molecule has 0 radical (unpaired) electrons. The number of amides is 1. The first-order valence-corrected chi connectivity index (χ1v) is 6.38. The van der Waals surface area contributed by atoms with E-state index >= 15 is 0 Å². The molecule has 2 rings (SSSR count). The monoisotopic (exact) mass is 274 g/mol. The van der Waals surface area contributed by atoms with E-state index in [2.05, 4.69) is 20.5 Å². The number of H-pyrrole nitrogens is 1. The van der Waals surface area contributed by atoms with Crippen molar-refractivity contribution < 1.29 is 9.53 Å². The summed E-state index contributed by atoms with van der Waals surface area (Å²) in [4.78, 5) is 15.6. The SMILES string of the molecule is CC(C)(C)OC(=O)NCC=Cc1[nH]nc2ncccc12. The van der Waals surface area contributed by atoms with E-state index in [-0.39, 0.29) is 0 Å². The van der Waals surface area contributed by atoms with E-state index < -0.39 is 11.7 Å². The van der Waals surface area contributed by atoms with Gasteiger partial charge in [0.1, 0.15) is 5.60 Å². The number of alkyl carbamates (subject to hydrolysis) is 1. The maximum absolute atomic E-state index is 11.4. The highest BCUT2D eigenvalue weighted by molar-refractivity contribution is 5.83. The van der Waals surface area contributed by atoms with Crippen molar-refractivity contribution in [3.05, 3.63) is 30.1 Å². The Bertz CT molecular complexity index is 625. The molecule has 0 bridgehead atoms. The molecule has 20 heavy (non-hydrogen) atoms. The number of hydrogen-bond donors (Lipinski definition) is 2. The van der Waals surface area contributed by atoms with Crippen LogP contribution in [0.5, 0.6) is 0 Å². The zero-order chi connectivity index (χ0) is 14.6. The minimum Gasteiger partial charge on any atom is -0.444 e. The molecule has 0 aliphatic rings. The van der Waals surface area contributed by atoms with Gasteiger partial charge in [0.2, 0.25) is 0 Å². The number of pyridine rings is 1. The van der Waals surface area contributed by atoms with Crippen LogP contribution in [0.4, 0.5) is 4.79 Å². The third kappa shape index (κ3) is 3.81. The number of fused-ring (bicyclic) bond motifs is 1. The molecule has 0 aliphatic carbocycles. The fourth-order valence-corrected chi connectivity index (χ4v) is 1.63. The van der Waals surface area contributed by atoms with Gasteiger partial charge in [-0.2, -0.15) is 5.10 Å². The van der Waals surface area contributed by atoms with Gasteiger partial charge in [0, 0.05) is 18.1 Å². The predicted molar refractivity (Wildman–Crippen MR) is 77.2 cm³/mol. The lowest BCUT2D eigenvalue weighted by Crippen LogP contribution is -2.32. The molecule has 0 unspecified atom stereocenters. The fraction of sp³-hybridized carbons (Fsp3) is 0.357. The van der Waals surface area contributed by atoms with Gasteiger partial charge in [0.15, 0.2) is 5.65 Å². The summed E-state index contributed by atoms with van der Waals surface area (Å²) in [5.41, 5.74) is 1.05. The van der Waals surface area contributed by atoms with Gasteiger partial charge in [0.25, 0.3) is 0 Å². The van der Waals surface area contributed by atoms with Gasteiger partial charge in [-0.05, 0) is 39.0 Å². The molecule has 2 N–H and O–H groups in total. The van der Waals surface area contributed by atoms with Gasteiger partial charge in [-0.15, -0.1) is 0 Å². The molecular formula is C14H18N4O2. The Kier molecular flexibility index (Phi) is 4.02. The van der Waals surface area contributed by atoms with E-state index in [9.17, 15) is 4.79 Å². The van der Waals surface area contributed by atoms with Gasteiger partial charge in [0.05, 0.1) is 5.69 Å². The summed E-state index contributed by atoms with van der Waals surface area (Å²) in [5, 5.41) is 10.6. The molecule has 0 saturated heterocycles. The van der Waals surface area contributed by atoms with Crippen LogP contribution in [0.3, 0.4) is 0 Å².